The van der Waals surface area contributed by atoms with Gasteiger partial charge in [-0.1, -0.05) is 13.8 Å². The molecule has 0 amide bonds. The van der Waals surface area contributed by atoms with Crippen LogP contribution in [0.3, 0.4) is 0 Å². The van der Waals surface area contributed by atoms with E-state index in [-0.39, 0.29) is 0 Å². The summed E-state index contributed by atoms with van der Waals surface area (Å²) in [6.07, 6.45) is 2.45. The van der Waals surface area contributed by atoms with E-state index >= 15 is 0 Å². The van der Waals surface area contributed by atoms with Crippen molar-refractivity contribution in [2.75, 3.05) is 5.73 Å². The number of rotatable bonds is 3. The fourth-order valence-electron chi connectivity index (χ4n) is 1.47. The minimum absolute atomic E-state index is 0.462. The molecule has 0 aliphatic rings. The molecule has 84 valence electrons. The molecular weight excluding hydrogens is 204 g/mol. The number of nitrogens with two attached hydrogens (primary N) is 1. The molecule has 2 rings (SSSR count). The van der Waals surface area contributed by atoms with Crippen molar-refractivity contribution in [2.24, 2.45) is 5.92 Å². The Morgan fingerprint density at radius 2 is 2.19 bits per heavy atom. The summed E-state index contributed by atoms with van der Waals surface area (Å²) in [4.78, 5) is 8.53. The van der Waals surface area contributed by atoms with Gasteiger partial charge >= 0.3 is 0 Å². The van der Waals surface area contributed by atoms with E-state index in [9.17, 15) is 0 Å². The zero-order valence-corrected chi connectivity index (χ0v) is 9.31. The van der Waals surface area contributed by atoms with E-state index in [1.54, 1.807) is 12.3 Å². The number of aromatic amines is 1. The third-order valence-electron chi connectivity index (χ3n) is 2.06. The molecule has 16 heavy (non-hydrogen) atoms. The third kappa shape index (κ3) is 2.33. The van der Waals surface area contributed by atoms with Gasteiger partial charge in [0.2, 0.25) is 0 Å². The normalized spacial score (nSPS) is 10.9. The standard InChI is InChI=1S/C10H14N6/c1-6(2)3-7-4-9(11)14-10(13-7)8-5-12-16-15-8/h4-6H,3H2,1-2H3,(H2,11,13,14)(H,12,15,16). The molecule has 3 N–H and O–H groups in total. The van der Waals surface area contributed by atoms with E-state index in [1.807, 2.05) is 0 Å². The number of nitrogens with zero attached hydrogens (tertiary/aromatic N) is 4. The number of H-pyrrole nitrogens is 1. The summed E-state index contributed by atoms with van der Waals surface area (Å²) < 4.78 is 0. The molecule has 0 radical (unpaired) electrons. The molecule has 0 unspecified atom stereocenters. The molecule has 6 nitrogen and oxygen atoms in total. The van der Waals surface area contributed by atoms with Gasteiger partial charge in [-0.15, -0.1) is 0 Å². The van der Waals surface area contributed by atoms with Crippen molar-refractivity contribution in [3.8, 4) is 11.5 Å². The van der Waals surface area contributed by atoms with Crippen molar-refractivity contribution in [1.82, 2.24) is 25.4 Å². The molecule has 0 aromatic carbocycles. The van der Waals surface area contributed by atoms with Gasteiger partial charge in [0.1, 0.15) is 11.5 Å². The summed E-state index contributed by atoms with van der Waals surface area (Å²) in [7, 11) is 0. The number of hydrogen-bond donors (Lipinski definition) is 2. The van der Waals surface area contributed by atoms with Crippen LogP contribution in [0.4, 0.5) is 5.82 Å². The molecule has 0 fully saturated rings. The molecule has 0 aliphatic carbocycles. The Morgan fingerprint density at radius 3 is 2.81 bits per heavy atom. The summed E-state index contributed by atoms with van der Waals surface area (Å²) in [6.45, 7) is 4.27. The fraction of sp³-hybridized carbons (Fsp3) is 0.400. The highest BCUT2D eigenvalue weighted by Gasteiger charge is 2.08. The van der Waals surface area contributed by atoms with Gasteiger partial charge in [0.25, 0.3) is 0 Å². The monoisotopic (exact) mass is 218 g/mol. The molecule has 0 bridgehead atoms. The summed E-state index contributed by atoms with van der Waals surface area (Å²) >= 11 is 0. The quantitative estimate of drug-likeness (QED) is 0.802. The van der Waals surface area contributed by atoms with Crippen molar-refractivity contribution in [3.05, 3.63) is 18.0 Å². The average Bonchev–Trinajstić information content (AvgIpc) is 2.67. The number of anilines is 1. The van der Waals surface area contributed by atoms with E-state index in [0.29, 0.717) is 23.3 Å². The van der Waals surface area contributed by atoms with Crippen molar-refractivity contribution in [1.29, 1.82) is 0 Å². The van der Waals surface area contributed by atoms with Crippen LogP contribution < -0.4 is 5.73 Å². The Balaban J connectivity index is 2.36. The van der Waals surface area contributed by atoms with Crippen molar-refractivity contribution in [3.63, 3.8) is 0 Å². The van der Waals surface area contributed by atoms with E-state index in [0.717, 1.165) is 12.1 Å². The molecular formula is C10H14N6. The van der Waals surface area contributed by atoms with Crippen molar-refractivity contribution >= 4 is 5.82 Å². The Kier molecular flexibility index (Phi) is 2.80. The first-order valence-corrected chi connectivity index (χ1v) is 5.14. The highest BCUT2D eigenvalue weighted by atomic mass is 15.3. The highest BCUT2D eigenvalue weighted by Crippen LogP contribution is 2.15. The van der Waals surface area contributed by atoms with E-state index in [1.165, 1.54) is 0 Å². The number of aromatic nitrogens is 5. The Morgan fingerprint density at radius 1 is 1.38 bits per heavy atom. The van der Waals surface area contributed by atoms with E-state index in [2.05, 4.69) is 39.2 Å². The van der Waals surface area contributed by atoms with Crippen LogP contribution in [0.15, 0.2) is 12.3 Å². The summed E-state index contributed by atoms with van der Waals surface area (Å²) in [5.74, 6) is 1.51. The predicted octanol–water partition coefficient (Wildman–Crippen LogP) is 1.04. The first-order chi connectivity index (χ1) is 7.65. The molecule has 0 spiro atoms. The predicted molar refractivity (Wildman–Crippen MR) is 60.4 cm³/mol. The molecule has 2 aromatic heterocycles. The SMILES string of the molecule is CC(C)Cc1cc(N)nc(-c2cn[nH]n2)n1. The number of nitrogen functional groups attached to an aromatic ring is 1. The smallest absolute Gasteiger partial charge is 0.183 e. The molecule has 0 atom stereocenters. The fourth-order valence-corrected chi connectivity index (χ4v) is 1.47. The zero-order valence-electron chi connectivity index (χ0n) is 9.31. The molecule has 0 aliphatic heterocycles. The van der Waals surface area contributed by atoms with Gasteiger partial charge in [0.05, 0.1) is 6.20 Å². The first kappa shape index (κ1) is 10.5. The Hall–Kier alpha value is -1.98. The summed E-state index contributed by atoms with van der Waals surface area (Å²) in [5.41, 5.74) is 7.27. The van der Waals surface area contributed by atoms with Gasteiger partial charge in [-0.05, 0) is 12.3 Å². The lowest BCUT2D eigenvalue weighted by Gasteiger charge is -2.06. The highest BCUT2D eigenvalue weighted by molar-refractivity contribution is 5.50. The van der Waals surface area contributed by atoms with Gasteiger partial charge in [-0.2, -0.15) is 15.4 Å². The minimum Gasteiger partial charge on any atom is -0.384 e. The maximum Gasteiger partial charge on any atom is 0.183 e. The summed E-state index contributed by atoms with van der Waals surface area (Å²) in [5, 5.41) is 10.2. The van der Waals surface area contributed by atoms with Crippen LogP contribution >= 0.6 is 0 Å². The maximum absolute atomic E-state index is 5.73. The second-order valence-electron chi connectivity index (χ2n) is 4.06. The van der Waals surface area contributed by atoms with Crippen LogP contribution in [0.2, 0.25) is 0 Å². The lowest BCUT2D eigenvalue weighted by molar-refractivity contribution is 0.635. The largest absolute Gasteiger partial charge is 0.384 e. The zero-order chi connectivity index (χ0) is 11.5. The first-order valence-electron chi connectivity index (χ1n) is 5.14. The van der Waals surface area contributed by atoms with Crippen LogP contribution in [0.1, 0.15) is 19.5 Å². The number of hydrogen-bond acceptors (Lipinski definition) is 5. The Labute approximate surface area is 93.3 Å². The molecule has 6 heteroatoms. The van der Waals surface area contributed by atoms with Crippen LogP contribution in [0.25, 0.3) is 11.5 Å². The van der Waals surface area contributed by atoms with Crippen LogP contribution in [-0.4, -0.2) is 25.4 Å². The van der Waals surface area contributed by atoms with Gasteiger partial charge in [0.15, 0.2) is 5.82 Å². The minimum atomic E-state index is 0.462. The second-order valence-corrected chi connectivity index (χ2v) is 4.06. The molecule has 0 saturated carbocycles. The molecule has 2 heterocycles. The Bertz CT molecular complexity index is 462. The average molecular weight is 218 g/mol. The van der Waals surface area contributed by atoms with E-state index < -0.39 is 0 Å². The lowest BCUT2D eigenvalue weighted by Crippen LogP contribution is -2.03. The maximum atomic E-state index is 5.73. The van der Waals surface area contributed by atoms with E-state index in [4.69, 9.17) is 5.73 Å². The molecule has 0 saturated heterocycles. The van der Waals surface area contributed by atoms with Gasteiger partial charge in [-0.3, -0.25) is 0 Å². The van der Waals surface area contributed by atoms with Crippen LogP contribution in [0.5, 0.6) is 0 Å². The van der Waals surface area contributed by atoms with Gasteiger partial charge < -0.3 is 5.73 Å². The summed E-state index contributed by atoms with van der Waals surface area (Å²) in [6, 6.07) is 1.80. The van der Waals surface area contributed by atoms with Gasteiger partial charge in [0, 0.05) is 11.8 Å². The van der Waals surface area contributed by atoms with Crippen LogP contribution in [0, 0.1) is 5.92 Å². The number of nitrogens with one attached hydrogen (secondary N) is 1. The lowest BCUT2D eigenvalue weighted by atomic mass is 10.1. The van der Waals surface area contributed by atoms with Crippen molar-refractivity contribution < 1.29 is 0 Å². The molecule has 2 aromatic rings. The second kappa shape index (κ2) is 4.26. The van der Waals surface area contributed by atoms with Crippen molar-refractivity contribution in [2.45, 2.75) is 20.3 Å². The topological polar surface area (TPSA) is 93.4 Å². The van der Waals surface area contributed by atoms with Crippen LogP contribution in [-0.2, 0) is 6.42 Å². The van der Waals surface area contributed by atoms with Gasteiger partial charge in [-0.25, -0.2) is 9.97 Å². The third-order valence-corrected chi connectivity index (χ3v) is 2.06.